The molecule has 0 saturated carbocycles. The summed E-state index contributed by atoms with van der Waals surface area (Å²) in [5.41, 5.74) is 1.33. The second-order valence-electron chi connectivity index (χ2n) is 8.78. The van der Waals surface area contributed by atoms with Gasteiger partial charge in [0.25, 0.3) is 0 Å². The van der Waals surface area contributed by atoms with E-state index in [4.69, 9.17) is 9.47 Å². The Balaban J connectivity index is 1.36. The number of hydrogen-bond acceptors (Lipinski definition) is 5. The summed E-state index contributed by atoms with van der Waals surface area (Å²) in [7, 11) is 3.09. The highest BCUT2D eigenvalue weighted by molar-refractivity contribution is 5.91. The number of anilines is 1. The average molecular weight is 473 g/mol. The third kappa shape index (κ3) is 3.15. The summed E-state index contributed by atoms with van der Waals surface area (Å²) >= 11 is 0. The van der Waals surface area contributed by atoms with Gasteiger partial charge >= 0.3 is 11.7 Å². The summed E-state index contributed by atoms with van der Waals surface area (Å²) in [6.45, 7) is 0.378. The van der Waals surface area contributed by atoms with E-state index in [0.717, 1.165) is 10.8 Å². The topological polar surface area (TPSA) is 98.0 Å². The number of carbonyl (C=O) groups excluding carboxylic acids is 1. The third-order valence-electron chi connectivity index (χ3n) is 6.93. The van der Waals surface area contributed by atoms with Crippen LogP contribution in [0, 0.1) is 0 Å². The lowest BCUT2D eigenvalue weighted by molar-refractivity contribution is 0.198. The molecule has 178 valence electrons. The molecule has 3 aromatic carbocycles. The van der Waals surface area contributed by atoms with Gasteiger partial charge in [0.1, 0.15) is 17.2 Å². The number of aromatic hydroxyl groups is 1. The van der Waals surface area contributed by atoms with E-state index in [1.807, 2.05) is 42.5 Å². The second kappa shape index (κ2) is 7.83. The number of fused-ring (bicyclic) bond motifs is 6. The summed E-state index contributed by atoms with van der Waals surface area (Å²) in [6.07, 6.45) is 0.587. The minimum atomic E-state index is -0.406. The minimum Gasteiger partial charge on any atom is -0.497 e. The summed E-state index contributed by atoms with van der Waals surface area (Å²) in [5.74, 6) is 0.988. The number of imidazole rings is 1. The molecule has 2 amide bonds. The Morgan fingerprint density at radius 1 is 1.03 bits per heavy atom. The first kappa shape index (κ1) is 21.2. The van der Waals surface area contributed by atoms with Crippen LogP contribution in [0.2, 0.25) is 0 Å². The van der Waals surface area contributed by atoms with Gasteiger partial charge in [-0.2, -0.15) is 0 Å². The number of urea groups is 1. The monoisotopic (exact) mass is 472 g/mol. The van der Waals surface area contributed by atoms with Crippen molar-refractivity contribution < 1.29 is 19.4 Å². The van der Waals surface area contributed by atoms with Crippen molar-refractivity contribution in [2.75, 3.05) is 26.1 Å². The lowest BCUT2D eigenvalue weighted by Crippen LogP contribution is -2.40. The van der Waals surface area contributed by atoms with Gasteiger partial charge in [0, 0.05) is 35.8 Å². The fourth-order valence-electron chi connectivity index (χ4n) is 5.37. The number of ether oxygens (including phenoxy) is 2. The molecule has 4 aromatic rings. The van der Waals surface area contributed by atoms with Crippen LogP contribution in [0.3, 0.4) is 0 Å². The number of likely N-dealkylation sites (tertiary alicyclic amines) is 1. The highest BCUT2D eigenvalue weighted by atomic mass is 16.5. The number of aromatic nitrogens is 2. The minimum absolute atomic E-state index is 0.126. The molecule has 9 nitrogen and oxygen atoms in total. The van der Waals surface area contributed by atoms with Crippen molar-refractivity contribution >= 4 is 22.5 Å². The van der Waals surface area contributed by atoms with Gasteiger partial charge in [-0.3, -0.25) is 4.57 Å². The average Bonchev–Trinajstić information content (AvgIpc) is 3.54. The lowest BCUT2D eigenvalue weighted by atomic mass is 10.1. The zero-order chi connectivity index (χ0) is 24.3. The molecule has 0 spiro atoms. The van der Waals surface area contributed by atoms with Gasteiger partial charge in [-0.05, 0) is 17.9 Å². The number of carbonyl (C=O) groups is 1. The van der Waals surface area contributed by atoms with Crippen LogP contribution in [0.5, 0.6) is 17.4 Å². The number of nitrogens with one attached hydrogen (secondary N) is 1. The first-order valence-electron chi connectivity index (χ1n) is 11.3. The zero-order valence-corrected chi connectivity index (χ0v) is 19.3. The molecule has 2 atom stereocenters. The van der Waals surface area contributed by atoms with Gasteiger partial charge in [0.05, 0.1) is 32.0 Å². The molecular weight excluding hydrogens is 448 g/mol. The Kier molecular flexibility index (Phi) is 4.73. The molecule has 0 aliphatic carbocycles. The van der Waals surface area contributed by atoms with Crippen molar-refractivity contribution in [3.8, 4) is 23.1 Å². The predicted molar refractivity (Wildman–Crippen MR) is 131 cm³/mol. The van der Waals surface area contributed by atoms with E-state index in [0.29, 0.717) is 41.5 Å². The summed E-state index contributed by atoms with van der Waals surface area (Å²) < 4.78 is 13.6. The third-order valence-corrected chi connectivity index (χ3v) is 6.93. The van der Waals surface area contributed by atoms with Crippen LogP contribution >= 0.6 is 0 Å². The molecule has 2 aliphatic heterocycles. The van der Waals surface area contributed by atoms with Gasteiger partial charge in [0.15, 0.2) is 0 Å². The molecular formula is C26H24N4O5. The standard InChI is InChI=1S/C26H24N4O5/c1-34-18-10-16(11-19(13-18)35-2)27-25(32)28-14-17-12-22(28)23-24(31)30(26(33)29(17)23)21-9-5-7-15-6-3-4-8-20(15)21/h3-11,13,17,22,31H,12,14H2,1-2H3,(H,27,32)/t17-,22?/m1/s1. The van der Waals surface area contributed by atoms with E-state index in [1.165, 1.54) is 4.57 Å². The summed E-state index contributed by atoms with van der Waals surface area (Å²) in [5, 5.41) is 16.0. The maximum atomic E-state index is 13.4. The van der Waals surface area contributed by atoms with Crippen LogP contribution in [0.1, 0.15) is 24.2 Å². The van der Waals surface area contributed by atoms with E-state index in [2.05, 4.69) is 5.32 Å². The molecule has 2 bridgehead atoms. The van der Waals surface area contributed by atoms with E-state index >= 15 is 0 Å². The first-order valence-corrected chi connectivity index (χ1v) is 11.3. The van der Waals surface area contributed by atoms with Crippen LogP contribution < -0.4 is 20.5 Å². The number of rotatable bonds is 4. The maximum absolute atomic E-state index is 13.4. The molecule has 6 rings (SSSR count). The molecule has 1 aromatic heterocycles. The largest absolute Gasteiger partial charge is 0.497 e. The van der Waals surface area contributed by atoms with Gasteiger partial charge in [-0.1, -0.05) is 36.4 Å². The van der Waals surface area contributed by atoms with Crippen LogP contribution in [-0.4, -0.2) is 45.9 Å². The Hall–Kier alpha value is -4.40. The van der Waals surface area contributed by atoms with E-state index in [9.17, 15) is 14.7 Å². The number of amides is 2. The second-order valence-corrected chi connectivity index (χ2v) is 8.78. The highest BCUT2D eigenvalue weighted by Crippen LogP contribution is 2.49. The van der Waals surface area contributed by atoms with E-state index in [-0.39, 0.29) is 23.6 Å². The zero-order valence-electron chi connectivity index (χ0n) is 19.3. The van der Waals surface area contributed by atoms with Crippen molar-refractivity contribution in [3.63, 3.8) is 0 Å². The SMILES string of the molecule is COc1cc(NC(=O)N2C[C@H]3CC2c2c(O)n(-c4cccc5ccccc45)c(=O)n23)cc(OC)c1. The Morgan fingerprint density at radius 3 is 2.49 bits per heavy atom. The maximum Gasteiger partial charge on any atom is 0.336 e. The quantitative estimate of drug-likeness (QED) is 0.467. The van der Waals surface area contributed by atoms with Crippen LogP contribution in [0.4, 0.5) is 10.5 Å². The Labute approximate surface area is 200 Å². The normalized spacial score (nSPS) is 18.1. The van der Waals surface area contributed by atoms with E-state index in [1.54, 1.807) is 41.9 Å². The molecule has 0 radical (unpaired) electrons. The molecule has 9 heteroatoms. The highest BCUT2D eigenvalue weighted by Gasteiger charge is 2.49. The Bertz CT molecular complexity index is 1510. The van der Waals surface area contributed by atoms with Gasteiger partial charge in [-0.25, -0.2) is 14.2 Å². The van der Waals surface area contributed by atoms with Gasteiger partial charge < -0.3 is 24.8 Å². The molecule has 1 saturated heterocycles. The number of methoxy groups -OCH3 is 2. The lowest BCUT2D eigenvalue weighted by Gasteiger charge is -2.28. The Morgan fingerprint density at radius 2 is 1.74 bits per heavy atom. The predicted octanol–water partition coefficient (Wildman–Crippen LogP) is 4.05. The van der Waals surface area contributed by atoms with Crippen molar-refractivity contribution in [1.82, 2.24) is 14.0 Å². The molecule has 1 fully saturated rings. The molecule has 3 heterocycles. The van der Waals surface area contributed by atoms with Crippen molar-refractivity contribution in [2.24, 2.45) is 0 Å². The number of hydrogen-bond donors (Lipinski definition) is 2. The first-order chi connectivity index (χ1) is 17.0. The smallest absolute Gasteiger partial charge is 0.336 e. The van der Waals surface area contributed by atoms with Gasteiger partial charge in [-0.15, -0.1) is 0 Å². The van der Waals surface area contributed by atoms with Crippen molar-refractivity contribution in [2.45, 2.75) is 18.5 Å². The number of nitrogens with zero attached hydrogens (tertiary/aromatic N) is 3. The van der Waals surface area contributed by atoms with Crippen LogP contribution in [0.25, 0.3) is 16.5 Å². The van der Waals surface area contributed by atoms with Gasteiger partial charge in [0.2, 0.25) is 5.88 Å². The molecule has 2 N–H and O–H groups in total. The fourth-order valence-corrected chi connectivity index (χ4v) is 5.37. The van der Waals surface area contributed by atoms with Crippen LogP contribution in [0.15, 0.2) is 65.5 Å². The van der Waals surface area contributed by atoms with Crippen molar-refractivity contribution in [3.05, 3.63) is 76.8 Å². The summed E-state index contributed by atoms with van der Waals surface area (Å²) in [6, 6.07) is 17.6. The molecule has 35 heavy (non-hydrogen) atoms. The fraction of sp³-hybridized carbons (Fsp3) is 0.231. The number of benzene rings is 3. The molecule has 1 unspecified atom stereocenters. The van der Waals surface area contributed by atoms with Crippen LogP contribution in [-0.2, 0) is 0 Å². The summed E-state index contributed by atoms with van der Waals surface area (Å²) in [4.78, 5) is 28.3. The van der Waals surface area contributed by atoms with E-state index < -0.39 is 6.04 Å². The molecule has 2 aliphatic rings. The van der Waals surface area contributed by atoms with Crippen molar-refractivity contribution in [1.29, 1.82) is 0 Å².